The van der Waals surface area contributed by atoms with E-state index in [9.17, 15) is 18.7 Å². The first-order chi connectivity index (χ1) is 12.1. The fraction of sp³-hybridized carbons (Fsp3) is 0.368. The molecule has 2 aromatic rings. The molecule has 1 aliphatic carbocycles. The number of hydrogen-bond acceptors (Lipinski definition) is 3. The molecule has 3 atom stereocenters. The Balaban J connectivity index is 1.51. The lowest BCUT2D eigenvalue weighted by molar-refractivity contribution is -0.122. The molecule has 1 aromatic heterocycles. The molecule has 1 fully saturated rings. The van der Waals surface area contributed by atoms with E-state index in [0.29, 0.717) is 24.9 Å². The van der Waals surface area contributed by atoms with Gasteiger partial charge < -0.3 is 10.4 Å². The second-order valence-corrected chi connectivity index (χ2v) is 6.43. The SMILES string of the molecule is O=C(NCC(CO)Cc1ccccn1)C1CC1c1ccc(F)cc1F. The van der Waals surface area contributed by atoms with Crippen LogP contribution in [0.25, 0.3) is 0 Å². The summed E-state index contributed by atoms with van der Waals surface area (Å²) in [6.45, 7) is 0.276. The van der Waals surface area contributed by atoms with Crippen LogP contribution in [0.5, 0.6) is 0 Å². The maximum absolute atomic E-state index is 13.8. The van der Waals surface area contributed by atoms with E-state index >= 15 is 0 Å². The summed E-state index contributed by atoms with van der Waals surface area (Å²) in [5.41, 5.74) is 1.24. The average molecular weight is 346 g/mol. The van der Waals surface area contributed by atoms with E-state index in [4.69, 9.17) is 0 Å². The third-order valence-corrected chi connectivity index (χ3v) is 4.54. The van der Waals surface area contributed by atoms with Gasteiger partial charge in [-0.25, -0.2) is 8.78 Å². The molecular formula is C19H20F2N2O2. The van der Waals surface area contributed by atoms with Crippen LogP contribution < -0.4 is 5.32 Å². The van der Waals surface area contributed by atoms with Gasteiger partial charge in [0.15, 0.2) is 0 Å². The van der Waals surface area contributed by atoms with Crippen molar-refractivity contribution < 1.29 is 18.7 Å². The van der Waals surface area contributed by atoms with Crippen LogP contribution in [-0.4, -0.2) is 29.1 Å². The zero-order valence-corrected chi connectivity index (χ0v) is 13.7. The van der Waals surface area contributed by atoms with Crippen LogP contribution in [0.3, 0.4) is 0 Å². The Morgan fingerprint density at radius 2 is 2.16 bits per heavy atom. The van der Waals surface area contributed by atoms with Crippen molar-refractivity contribution in [1.29, 1.82) is 0 Å². The topological polar surface area (TPSA) is 62.2 Å². The monoisotopic (exact) mass is 346 g/mol. The minimum absolute atomic E-state index is 0.0580. The summed E-state index contributed by atoms with van der Waals surface area (Å²) < 4.78 is 26.7. The normalized spacial score (nSPS) is 20.1. The fourth-order valence-corrected chi connectivity index (χ4v) is 3.02. The number of rotatable bonds is 7. The molecule has 3 unspecified atom stereocenters. The third kappa shape index (κ3) is 4.39. The van der Waals surface area contributed by atoms with E-state index in [1.165, 1.54) is 12.1 Å². The number of nitrogens with one attached hydrogen (secondary N) is 1. The number of carbonyl (C=O) groups excluding carboxylic acids is 1. The van der Waals surface area contributed by atoms with Gasteiger partial charge in [-0.3, -0.25) is 9.78 Å². The van der Waals surface area contributed by atoms with E-state index in [1.807, 2.05) is 18.2 Å². The highest BCUT2D eigenvalue weighted by Gasteiger charge is 2.45. The minimum atomic E-state index is -0.622. The maximum atomic E-state index is 13.8. The molecule has 1 saturated carbocycles. The van der Waals surface area contributed by atoms with Crippen molar-refractivity contribution in [2.24, 2.45) is 11.8 Å². The van der Waals surface area contributed by atoms with Crippen molar-refractivity contribution >= 4 is 5.91 Å². The summed E-state index contributed by atoms with van der Waals surface area (Å²) in [4.78, 5) is 16.4. The number of hydrogen-bond donors (Lipinski definition) is 2. The number of nitrogens with zero attached hydrogens (tertiary/aromatic N) is 1. The molecule has 0 saturated heterocycles. The van der Waals surface area contributed by atoms with Crippen LogP contribution in [0.2, 0.25) is 0 Å². The number of halogens is 2. The van der Waals surface area contributed by atoms with Gasteiger partial charge in [-0.2, -0.15) is 0 Å². The molecule has 1 heterocycles. The lowest BCUT2D eigenvalue weighted by atomic mass is 10.0. The summed E-state index contributed by atoms with van der Waals surface area (Å²) in [5.74, 6) is -2.02. The lowest BCUT2D eigenvalue weighted by Gasteiger charge is -2.14. The lowest BCUT2D eigenvalue weighted by Crippen LogP contribution is -2.33. The smallest absolute Gasteiger partial charge is 0.223 e. The maximum Gasteiger partial charge on any atom is 0.223 e. The van der Waals surface area contributed by atoms with E-state index in [2.05, 4.69) is 10.3 Å². The standard InChI is InChI=1S/C19H20F2N2O2/c20-13-4-5-15(18(21)8-13)16-9-17(16)19(25)23-10-12(11-24)7-14-3-1-2-6-22-14/h1-6,8,12,16-17,24H,7,9-11H2,(H,23,25). The number of pyridine rings is 1. The molecule has 0 radical (unpaired) electrons. The highest BCUT2D eigenvalue weighted by atomic mass is 19.1. The number of aliphatic hydroxyl groups excluding tert-OH is 1. The Morgan fingerprint density at radius 3 is 2.84 bits per heavy atom. The number of amides is 1. The molecular weight excluding hydrogens is 326 g/mol. The van der Waals surface area contributed by atoms with Crippen LogP contribution in [0.1, 0.15) is 23.6 Å². The molecule has 4 nitrogen and oxygen atoms in total. The summed E-state index contributed by atoms with van der Waals surface area (Å²) in [5, 5.41) is 12.3. The highest BCUT2D eigenvalue weighted by Crippen LogP contribution is 2.48. The summed E-state index contributed by atoms with van der Waals surface area (Å²) in [6.07, 6.45) is 2.81. The first kappa shape index (κ1) is 17.5. The van der Waals surface area contributed by atoms with Gasteiger partial charge in [0.2, 0.25) is 5.91 Å². The van der Waals surface area contributed by atoms with Gasteiger partial charge in [-0.15, -0.1) is 0 Å². The predicted molar refractivity (Wildman–Crippen MR) is 88.7 cm³/mol. The van der Waals surface area contributed by atoms with E-state index < -0.39 is 11.6 Å². The molecule has 1 amide bonds. The average Bonchev–Trinajstić information content (AvgIpc) is 3.39. The molecule has 25 heavy (non-hydrogen) atoms. The predicted octanol–water partition coefficient (Wildman–Crippen LogP) is 2.43. The van der Waals surface area contributed by atoms with Gasteiger partial charge in [0.05, 0.1) is 0 Å². The Hall–Kier alpha value is -2.34. The van der Waals surface area contributed by atoms with Gasteiger partial charge in [-0.1, -0.05) is 12.1 Å². The molecule has 0 aliphatic heterocycles. The molecule has 1 aliphatic rings. The van der Waals surface area contributed by atoms with Gasteiger partial charge in [0.1, 0.15) is 11.6 Å². The molecule has 1 aromatic carbocycles. The Bertz CT molecular complexity index is 739. The van der Waals surface area contributed by atoms with E-state index in [1.54, 1.807) is 6.20 Å². The number of benzene rings is 1. The van der Waals surface area contributed by atoms with Crippen molar-refractivity contribution in [2.75, 3.05) is 13.2 Å². The number of aliphatic hydroxyl groups is 1. The summed E-state index contributed by atoms with van der Waals surface area (Å²) in [6, 6.07) is 9.03. The number of aromatic nitrogens is 1. The highest BCUT2D eigenvalue weighted by molar-refractivity contribution is 5.82. The Labute approximate surface area is 144 Å². The summed E-state index contributed by atoms with van der Waals surface area (Å²) in [7, 11) is 0. The first-order valence-electron chi connectivity index (χ1n) is 8.32. The van der Waals surface area contributed by atoms with Gasteiger partial charge in [-0.05, 0) is 42.5 Å². The second kappa shape index (κ2) is 7.70. The molecule has 2 N–H and O–H groups in total. The Morgan fingerprint density at radius 1 is 1.32 bits per heavy atom. The van der Waals surface area contributed by atoms with Gasteiger partial charge in [0.25, 0.3) is 0 Å². The third-order valence-electron chi connectivity index (χ3n) is 4.54. The molecule has 0 spiro atoms. The molecule has 6 heteroatoms. The van der Waals surface area contributed by atoms with E-state index in [-0.39, 0.29) is 30.3 Å². The van der Waals surface area contributed by atoms with Crippen LogP contribution in [0.15, 0.2) is 42.6 Å². The van der Waals surface area contributed by atoms with Crippen molar-refractivity contribution in [3.63, 3.8) is 0 Å². The number of carbonyl (C=O) groups is 1. The van der Waals surface area contributed by atoms with Crippen molar-refractivity contribution in [1.82, 2.24) is 10.3 Å². The van der Waals surface area contributed by atoms with Crippen LogP contribution >= 0.6 is 0 Å². The van der Waals surface area contributed by atoms with E-state index in [0.717, 1.165) is 11.8 Å². The zero-order valence-electron chi connectivity index (χ0n) is 13.7. The molecule has 3 rings (SSSR count). The zero-order chi connectivity index (χ0) is 17.8. The first-order valence-corrected chi connectivity index (χ1v) is 8.32. The Kier molecular flexibility index (Phi) is 5.38. The largest absolute Gasteiger partial charge is 0.396 e. The quantitative estimate of drug-likeness (QED) is 0.809. The van der Waals surface area contributed by atoms with Crippen LogP contribution in [-0.2, 0) is 11.2 Å². The fourth-order valence-electron chi connectivity index (χ4n) is 3.02. The van der Waals surface area contributed by atoms with Gasteiger partial charge >= 0.3 is 0 Å². The summed E-state index contributed by atoms with van der Waals surface area (Å²) >= 11 is 0. The van der Waals surface area contributed by atoms with Crippen molar-refractivity contribution in [3.05, 3.63) is 65.5 Å². The van der Waals surface area contributed by atoms with Gasteiger partial charge in [0, 0.05) is 42.9 Å². The van der Waals surface area contributed by atoms with Crippen molar-refractivity contribution in [2.45, 2.75) is 18.8 Å². The molecule has 132 valence electrons. The molecule has 0 bridgehead atoms. The minimum Gasteiger partial charge on any atom is -0.396 e. The second-order valence-electron chi connectivity index (χ2n) is 6.43. The van der Waals surface area contributed by atoms with Crippen LogP contribution in [0.4, 0.5) is 8.78 Å². The van der Waals surface area contributed by atoms with Crippen molar-refractivity contribution in [3.8, 4) is 0 Å². The van der Waals surface area contributed by atoms with Crippen LogP contribution in [0, 0.1) is 23.5 Å².